The quantitative estimate of drug-likeness (QED) is 0.869. The molecule has 6 heteroatoms. The molecule has 0 amide bonds. The summed E-state index contributed by atoms with van der Waals surface area (Å²) in [6.07, 6.45) is 0. The SMILES string of the molecule is O=C(Cn1c(O)csc1=O)c1ccc(Cl)cc1. The third-order valence-electron chi connectivity index (χ3n) is 2.23. The number of aromatic nitrogens is 1. The van der Waals surface area contributed by atoms with Crippen LogP contribution in [-0.4, -0.2) is 15.5 Å². The fourth-order valence-corrected chi connectivity index (χ4v) is 2.08. The third kappa shape index (κ3) is 2.57. The molecule has 1 heterocycles. The summed E-state index contributed by atoms with van der Waals surface area (Å²) in [7, 11) is 0. The summed E-state index contributed by atoms with van der Waals surface area (Å²) in [5, 5.41) is 11.2. The Morgan fingerprint density at radius 2 is 2.00 bits per heavy atom. The van der Waals surface area contributed by atoms with Crippen molar-refractivity contribution in [1.29, 1.82) is 0 Å². The highest BCUT2D eigenvalue weighted by molar-refractivity contribution is 7.07. The van der Waals surface area contributed by atoms with Crippen LogP contribution in [0.15, 0.2) is 34.4 Å². The molecule has 0 saturated heterocycles. The second-order valence-corrected chi connectivity index (χ2v) is 4.63. The van der Waals surface area contributed by atoms with Crippen molar-refractivity contribution in [1.82, 2.24) is 4.57 Å². The van der Waals surface area contributed by atoms with E-state index in [4.69, 9.17) is 11.6 Å². The number of ketones is 1. The number of carbonyl (C=O) groups is 1. The van der Waals surface area contributed by atoms with Crippen LogP contribution in [0.5, 0.6) is 5.88 Å². The maximum atomic E-state index is 11.8. The lowest BCUT2D eigenvalue weighted by Gasteiger charge is -2.02. The smallest absolute Gasteiger partial charge is 0.310 e. The van der Waals surface area contributed by atoms with Gasteiger partial charge in [0.2, 0.25) is 5.88 Å². The molecule has 1 aromatic heterocycles. The molecular weight excluding hydrogens is 262 g/mol. The molecule has 0 radical (unpaired) electrons. The molecular formula is C11H8ClNO3S. The minimum atomic E-state index is -0.357. The summed E-state index contributed by atoms with van der Waals surface area (Å²) < 4.78 is 1.03. The van der Waals surface area contributed by atoms with Crippen molar-refractivity contribution >= 4 is 28.7 Å². The van der Waals surface area contributed by atoms with Crippen molar-refractivity contribution < 1.29 is 9.90 Å². The first-order valence-corrected chi connectivity index (χ1v) is 6.00. The summed E-state index contributed by atoms with van der Waals surface area (Å²) in [4.78, 5) is 22.8. The van der Waals surface area contributed by atoms with E-state index in [1.807, 2.05) is 0 Å². The van der Waals surface area contributed by atoms with Gasteiger partial charge in [0.15, 0.2) is 5.78 Å². The third-order valence-corrected chi connectivity index (χ3v) is 3.23. The minimum absolute atomic E-state index is 0.171. The standard InChI is InChI=1S/C11H8ClNO3S/c12-8-3-1-7(2-4-8)9(14)5-13-10(15)6-17-11(13)16/h1-4,6,15H,5H2. The van der Waals surface area contributed by atoms with E-state index in [0.717, 1.165) is 15.9 Å². The first-order valence-electron chi connectivity index (χ1n) is 4.74. The molecule has 0 aliphatic rings. The predicted molar refractivity (Wildman–Crippen MR) is 66.0 cm³/mol. The number of thiazole rings is 1. The zero-order valence-electron chi connectivity index (χ0n) is 8.59. The van der Waals surface area contributed by atoms with Crippen molar-refractivity contribution in [3.63, 3.8) is 0 Å². The highest BCUT2D eigenvalue weighted by atomic mass is 35.5. The van der Waals surface area contributed by atoms with Crippen molar-refractivity contribution in [3.05, 3.63) is 49.9 Å². The van der Waals surface area contributed by atoms with Crippen LogP contribution in [0.25, 0.3) is 0 Å². The molecule has 1 aromatic carbocycles. The fourth-order valence-electron chi connectivity index (χ4n) is 1.34. The highest BCUT2D eigenvalue weighted by Crippen LogP contribution is 2.13. The van der Waals surface area contributed by atoms with Gasteiger partial charge in [-0.15, -0.1) is 0 Å². The van der Waals surface area contributed by atoms with Crippen LogP contribution in [0.3, 0.4) is 0 Å². The molecule has 0 bridgehead atoms. The Morgan fingerprint density at radius 3 is 2.53 bits per heavy atom. The monoisotopic (exact) mass is 269 g/mol. The Bertz CT molecular complexity index is 600. The van der Waals surface area contributed by atoms with E-state index < -0.39 is 0 Å². The van der Waals surface area contributed by atoms with Gasteiger partial charge in [-0.25, -0.2) is 0 Å². The van der Waals surface area contributed by atoms with Crippen molar-refractivity contribution in [2.75, 3.05) is 0 Å². The average Bonchev–Trinajstić information content (AvgIpc) is 2.61. The van der Waals surface area contributed by atoms with Gasteiger partial charge in [0, 0.05) is 10.6 Å². The topological polar surface area (TPSA) is 59.3 Å². The number of aromatic hydroxyl groups is 1. The Labute approximate surface area is 106 Å². The van der Waals surface area contributed by atoms with E-state index in [1.165, 1.54) is 5.38 Å². The van der Waals surface area contributed by atoms with Crippen LogP contribution < -0.4 is 4.87 Å². The van der Waals surface area contributed by atoms with Crippen LogP contribution in [0, 0.1) is 0 Å². The second-order valence-electron chi connectivity index (χ2n) is 3.38. The Balaban J connectivity index is 2.23. The van der Waals surface area contributed by atoms with Crippen molar-refractivity contribution in [2.45, 2.75) is 6.54 Å². The lowest BCUT2D eigenvalue weighted by molar-refractivity contribution is 0.0968. The van der Waals surface area contributed by atoms with Gasteiger partial charge in [0.05, 0.1) is 11.9 Å². The van der Waals surface area contributed by atoms with Crippen LogP contribution in [-0.2, 0) is 6.54 Å². The first kappa shape index (κ1) is 11.9. The van der Waals surface area contributed by atoms with Gasteiger partial charge < -0.3 is 5.11 Å². The fraction of sp³-hybridized carbons (Fsp3) is 0.0909. The van der Waals surface area contributed by atoms with E-state index in [9.17, 15) is 14.7 Å². The predicted octanol–water partition coefficient (Wildman–Crippen LogP) is 2.15. The number of Topliss-reactive ketones (excluding diaryl/α,β-unsaturated/α-hetero) is 1. The summed E-state index contributed by atoms with van der Waals surface area (Å²) in [6.45, 7) is -0.171. The van der Waals surface area contributed by atoms with Gasteiger partial charge in [-0.05, 0) is 24.3 Å². The van der Waals surface area contributed by atoms with Gasteiger partial charge in [0.1, 0.15) is 0 Å². The van der Waals surface area contributed by atoms with Gasteiger partial charge in [0.25, 0.3) is 0 Å². The number of benzene rings is 1. The second kappa shape index (κ2) is 4.73. The molecule has 0 atom stereocenters. The molecule has 17 heavy (non-hydrogen) atoms. The minimum Gasteiger partial charge on any atom is -0.494 e. The zero-order chi connectivity index (χ0) is 12.4. The summed E-state index contributed by atoms with van der Waals surface area (Å²) in [5.74, 6) is -0.445. The van der Waals surface area contributed by atoms with Gasteiger partial charge in [-0.3, -0.25) is 14.2 Å². The number of halogens is 1. The molecule has 0 saturated carbocycles. The number of carbonyl (C=O) groups excluding carboxylic acids is 1. The van der Waals surface area contributed by atoms with Gasteiger partial charge >= 0.3 is 4.87 Å². The normalized spacial score (nSPS) is 10.4. The number of nitrogens with zero attached hydrogens (tertiary/aromatic N) is 1. The molecule has 4 nitrogen and oxygen atoms in total. The number of hydrogen-bond acceptors (Lipinski definition) is 4. The van der Waals surface area contributed by atoms with E-state index in [-0.39, 0.29) is 23.1 Å². The lowest BCUT2D eigenvalue weighted by atomic mass is 10.1. The highest BCUT2D eigenvalue weighted by Gasteiger charge is 2.11. The first-order chi connectivity index (χ1) is 8.08. The molecule has 2 rings (SSSR count). The van der Waals surface area contributed by atoms with Crippen LogP contribution >= 0.6 is 22.9 Å². The lowest BCUT2D eigenvalue weighted by Crippen LogP contribution is -2.18. The Kier molecular flexibility index (Phi) is 3.31. The number of hydrogen-bond donors (Lipinski definition) is 1. The van der Waals surface area contributed by atoms with Gasteiger partial charge in [-0.2, -0.15) is 0 Å². The van der Waals surface area contributed by atoms with Crippen LogP contribution in [0.2, 0.25) is 5.02 Å². The Morgan fingerprint density at radius 1 is 1.35 bits per heavy atom. The molecule has 1 N–H and O–H groups in total. The van der Waals surface area contributed by atoms with E-state index in [0.29, 0.717) is 10.6 Å². The summed E-state index contributed by atoms with van der Waals surface area (Å²) >= 11 is 6.56. The van der Waals surface area contributed by atoms with E-state index >= 15 is 0 Å². The van der Waals surface area contributed by atoms with Crippen LogP contribution in [0.1, 0.15) is 10.4 Å². The van der Waals surface area contributed by atoms with Crippen molar-refractivity contribution in [2.24, 2.45) is 0 Å². The van der Waals surface area contributed by atoms with Gasteiger partial charge in [-0.1, -0.05) is 22.9 Å². The molecule has 0 spiro atoms. The molecule has 0 aliphatic heterocycles. The molecule has 0 aliphatic carbocycles. The maximum absolute atomic E-state index is 11.8. The molecule has 0 unspecified atom stereocenters. The van der Waals surface area contributed by atoms with Crippen LogP contribution in [0.4, 0.5) is 0 Å². The average molecular weight is 270 g/mol. The summed E-state index contributed by atoms with van der Waals surface area (Å²) in [5.41, 5.74) is 0.451. The zero-order valence-corrected chi connectivity index (χ0v) is 10.2. The van der Waals surface area contributed by atoms with E-state index in [2.05, 4.69) is 0 Å². The molecule has 0 fully saturated rings. The van der Waals surface area contributed by atoms with E-state index in [1.54, 1.807) is 24.3 Å². The molecule has 88 valence electrons. The number of rotatable bonds is 3. The maximum Gasteiger partial charge on any atom is 0.310 e. The summed E-state index contributed by atoms with van der Waals surface area (Å²) in [6, 6.07) is 6.37. The Hall–Kier alpha value is -1.59. The molecule has 2 aromatic rings. The van der Waals surface area contributed by atoms with Crippen molar-refractivity contribution in [3.8, 4) is 5.88 Å². The largest absolute Gasteiger partial charge is 0.494 e.